The molecule has 0 saturated carbocycles. The van der Waals surface area contributed by atoms with Gasteiger partial charge in [-0.05, 0) is 44.2 Å². The Kier molecular flexibility index (Phi) is 6.65. The molecule has 2 atom stereocenters. The summed E-state index contributed by atoms with van der Waals surface area (Å²) in [5.41, 5.74) is -0.439. The molecule has 0 aromatic carbocycles. The van der Waals surface area contributed by atoms with Crippen molar-refractivity contribution in [3.63, 3.8) is 0 Å². The van der Waals surface area contributed by atoms with Crippen molar-refractivity contribution in [1.29, 1.82) is 0 Å². The first-order chi connectivity index (χ1) is 9.05. The smallest absolute Gasteiger partial charge is 0.326 e. The van der Waals surface area contributed by atoms with Crippen LogP contribution in [0.5, 0.6) is 0 Å². The molecule has 1 heterocycles. The number of piperidine rings is 1. The molecule has 1 aliphatic rings. The number of thioether (sulfide) groups is 1. The van der Waals surface area contributed by atoms with Gasteiger partial charge in [0.25, 0.3) is 0 Å². The van der Waals surface area contributed by atoms with Gasteiger partial charge in [-0.2, -0.15) is 11.8 Å². The number of carbonyl (C=O) groups excluding carboxylic acids is 1. The van der Waals surface area contributed by atoms with E-state index in [-0.39, 0.29) is 5.91 Å². The zero-order valence-electron chi connectivity index (χ0n) is 11.7. The Labute approximate surface area is 118 Å². The summed E-state index contributed by atoms with van der Waals surface area (Å²) in [5.74, 6) is -0.331. The number of carboxylic acids is 1. The molecule has 0 aliphatic carbocycles. The van der Waals surface area contributed by atoms with E-state index in [0.29, 0.717) is 13.0 Å². The van der Waals surface area contributed by atoms with Crippen molar-refractivity contribution in [3.05, 3.63) is 0 Å². The van der Waals surface area contributed by atoms with Crippen LogP contribution in [0.1, 0.15) is 32.6 Å². The molecule has 0 spiro atoms. The summed E-state index contributed by atoms with van der Waals surface area (Å²) in [6.07, 6.45) is 4.93. The number of carbonyl (C=O) groups is 2. The SMILES string of the molecule is CCC1(C(=O)NC(CCSC)C(=O)O)CCCNC1. The van der Waals surface area contributed by atoms with Crippen LogP contribution in [0.3, 0.4) is 0 Å². The van der Waals surface area contributed by atoms with Gasteiger partial charge in [0.1, 0.15) is 6.04 Å². The Bertz CT molecular complexity index is 317. The minimum Gasteiger partial charge on any atom is -0.480 e. The fourth-order valence-corrected chi connectivity index (χ4v) is 2.90. The molecule has 3 N–H and O–H groups in total. The van der Waals surface area contributed by atoms with Gasteiger partial charge in [0.2, 0.25) is 5.91 Å². The highest BCUT2D eigenvalue weighted by Gasteiger charge is 2.39. The van der Waals surface area contributed by atoms with E-state index < -0.39 is 17.4 Å². The standard InChI is InChI=1S/C13H24N2O3S/c1-3-13(6-4-7-14-9-13)12(18)15-10(11(16)17)5-8-19-2/h10,14H,3-9H2,1-2H3,(H,15,18)(H,16,17). The first-order valence-electron chi connectivity index (χ1n) is 6.79. The molecule has 1 amide bonds. The number of hydrogen-bond donors (Lipinski definition) is 3. The molecule has 110 valence electrons. The highest BCUT2D eigenvalue weighted by atomic mass is 32.2. The maximum absolute atomic E-state index is 12.4. The third-order valence-electron chi connectivity index (χ3n) is 3.84. The molecule has 1 aliphatic heterocycles. The molecule has 2 unspecified atom stereocenters. The van der Waals surface area contributed by atoms with E-state index in [0.717, 1.165) is 31.6 Å². The van der Waals surface area contributed by atoms with Gasteiger partial charge >= 0.3 is 5.97 Å². The van der Waals surface area contributed by atoms with Crippen molar-refractivity contribution in [3.8, 4) is 0 Å². The minimum atomic E-state index is -0.947. The molecule has 6 heteroatoms. The van der Waals surface area contributed by atoms with Crippen molar-refractivity contribution in [2.24, 2.45) is 5.41 Å². The zero-order valence-corrected chi connectivity index (χ0v) is 12.5. The number of rotatable bonds is 7. The molecular formula is C13H24N2O3S. The summed E-state index contributed by atoms with van der Waals surface area (Å²) in [7, 11) is 0. The van der Waals surface area contributed by atoms with Crippen LogP contribution in [-0.2, 0) is 9.59 Å². The van der Waals surface area contributed by atoms with E-state index in [1.165, 1.54) is 0 Å². The molecule has 1 saturated heterocycles. The van der Waals surface area contributed by atoms with Crippen molar-refractivity contribution >= 4 is 23.6 Å². The summed E-state index contributed by atoms with van der Waals surface area (Å²) >= 11 is 1.59. The number of carboxylic acid groups (broad SMARTS) is 1. The van der Waals surface area contributed by atoms with Gasteiger partial charge in [-0.25, -0.2) is 4.79 Å². The van der Waals surface area contributed by atoms with Gasteiger partial charge < -0.3 is 15.7 Å². The second-order valence-electron chi connectivity index (χ2n) is 5.06. The fourth-order valence-electron chi connectivity index (χ4n) is 2.43. The first-order valence-corrected chi connectivity index (χ1v) is 8.18. The number of nitrogens with one attached hydrogen (secondary N) is 2. The minimum absolute atomic E-state index is 0.115. The van der Waals surface area contributed by atoms with Gasteiger partial charge in [-0.3, -0.25) is 4.79 Å². The quantitative estimate of drug-likeness (QED) is 0.653. The van der Waals surface area contributed by atoms with E-state index in [4.69, 9.17) is 5.11 Å². The maximum atomic E-state index is 12.4. The van der Waals surface area contributed by atoms with Crippen molar-refractivity contribution in [2.75, 3.05) is 25.1 Å². The molecule has 0 radical (unpaired) electrons. The van der Waals surface area contributed by atoms with Crippen LogP contribution in [0.4, 0.5) is 0 Å². The highest BCUT2D eigenvalue weighted by Crippen LogP contribution is 2.30. The Morgan fingerprint density at radius 1 is 1.53 bits per heavy atom. The second kappa shape index (κ2) is 7.75. The normalized spacial score (nSPS) is 24.7. The molecule has 1 rings (SSSR count). The number of aliphatic carboxylic acids is 1. The largest absolute Gasteiger partial charge is 0.480 e. The van der Waals surface area contributed by atoms with Crippen LogP contribution in [0.25, 0.3) is 0 Å². The van der Waals surface area contributed by atoms with E-state index in [1.54, 1.807) is 11.8 Å². The summed E-state index contributed by atoms with van der Waals surface area (Å²) in [6.45, 7) is 3.57. The average molecular weight is 288 g/mol. The van der Waals surface area contributed by atoms with Gasteiger partial charge in [0.05, 0.1) is 5.41 Å². The van der Waals surface area contributed by atoms with Crippen molar-refractivity contribution in [1.82, 2.24) is 10.6 Å². The van der Waals surface area contributed by atoms with Crippen LogP contribution < -0.4 is 10.6 Å². The molecule has 0 aromatic rings. The van der Waals surface area contributed by atoms with Crippen LogP contribution >= 0.6 is 11.8 Å². The third kappa shape index (κ3) is 4.38. The molecule has 0 bridgehead atoms. The first kappa shape index (κ1) is 16.3. The summed E-state index contributed by atoms with van der Waals surface area (Å²) in [5, 5.41) is 15.1. The van der Waals surface area contributed by atoms with Gasteiger partial charge in [-0.1, -0.05) is 6.92 Å². The van der Waals surface area contributed by atoms with Crippen LogP contribution in [0.2, 0.25) is 0 Å². The van der Waals surface area contributed by atoms with Gasteiger partial charge in [0, 0.05) is 6.54 Å². The highest BCUT2D eigenvalue weighted by molar-refractivity contribution is 7.98. The second-order valence-corrected chi connectivity index (χ2v) is 6.05. The summed E-state index contributed by atoms with van der Waals surface area (Å²) in [6, 6.07) is -0.773. The van der Waals surface area contributed by atoms with Gasteiger partial charge in [-0.15, -0.1) is 0 Å². The monoisotopic (exact) mass is 288 g/mol. The number of amides is 1. The predicted molar refractivity (Wildman–Crippen MR) is 77.4 cm³/mol. The third-order valence-corrected chi connectivity index (χ3v) is 4.49. The van der Waals surface area contributed by atoms with E-state index in [1.807, 2.05) is 13.2 Å². The lowest BCUT2D eigenvalue weighted by atomic mass is 9.77. The average Bonchev–Trinajstić information content (AvgIpc) is 2.43. The van der Waals surface area contributed by atoms with Crippen molar-refractivity contribution in [2.45, 2.75) is 38.6 Å². The summed E-state index contributed by atoms with van der Waals surface area (Å²) < 4.78 is 0. The molecule has 5 nitrogen and oxygen atoms in total. The molecule has 1 fully saturated rings. The summed E-state index contributed by atoms with van der Waals surface area (Å²) in [4.78, 5) is 23.6. The van der Waals surface area contributed by atoms with Gasteiger partial charge in [0.15, 0.2) is 0 Å². The topological polar surface area (TPSA) is 78.4 Å². The Hall–Kier alpha value is -0.750. The van der Waals surface area contributed by atoms with Crippen LogP contribution in [-0.4, -0.2) is 48.1 Å². The predicted octanol–water partition coefficient (Wildman–Crippen LogP) is 1.09. The van der Waals surface area contributed by atoms with E-state index >= 15 is 0 Å². The van der Waals surface area contributed by atoms with Crippen molar-refractivity contribution < 1.29 is 14.7 Å². The lowest BCUT2D eigenvalue weighted by Crippen LogP contribution is -2.54. The Morgan fingerprint density at radius 3 is 2.74 bits per heavy atom. The van der Waals surface area contributed by atoms with E-state index in [9.17, 15) is 9.59 Å². The fraction of sp³-hybridized carbons (Fsp3) is 0.846. The lowest BCUT2D eigenvalue weighted by molar-refractivity contribution is -0.144. The lowest BCUT2D eigenvalue weighted by Gasteiger charge is -2.36. The van der Waals surface area contributed by atoms with Crippen LogP contribution in [0.15, 0.2) is 0 Å². The molecule has 19 heavy (non-hydrogen) atoms. The molecular weight excluding hydrogens is 264 g/mol. The van der Waals surface area contributed by atoms with E-state index in [2.05, 4.69) is 10.6 Å². The zero-order chi connectivity index (χ0) is 14.3. The number of hydrogen-bond acceptors (Lipinski definition) is 4. The Balaban J connectivity index is 2.65. The maximum Gasteiger partial charge on any atom is 0.326 e. The van der Waals surface area contributed by atoms with Crippen LogP contribution in [0, 0.1) is 5.41 Å². The molecule has 0 aromatic heterocycles. The Morgan fingerprint density at radius 2 is 2.26 bits per heavy atom.